The lowest BCUT2D eigenvalue weighted by Crippen LogP contribution is -2.34. The Morgan fingerprint density at radius 1 is 0.821 bits per heavy atom. The second-order valence-electron chi connectivity index (χ2n) is 6.99. The molecule has 140 valence electrons. The Morgan fingerprint density at radius 2 is 1.32 bits per heavy atom. The topological polar surface area (TPSA) is 37.3 Å². The molecule has 2 atom stereocenters. The van der Waals surface area contributed by atoms with Gasteiger partial charge in [0.1, 0.15) is 17.2 Å². The molecule has 0 aliphatic heterocycles. The number of hydrogen-bond donors (Lipinski definition) is 1. The normalized spacial score (nSPS) is 22.0. The first-order valence-corrected chi connectivity index (χ1v) is 9.01. The molecule has 0 saturated carbocycles. The van der Waals surface area contributed by atoms with Crippen LogP contribution in [0.15, 0.2) is 78.9 Å². The van der Waals surface area contributed by atoms with E-state index in [1.807, 2.05) is 24.3 Å². The third-order valence-corrected chi connectivity index (χ3v) is 5.33. The van der Waals surface area contributed by atoms with Gasteiger partial charge >= 0.3 is 0 Å². The van der Waals surface area contributed by atoms with E-state index in [0.717, 1.165) is 18.2 Å². The summed E-state index contributed by atoms with van der Waals surface area (Å²) < 4.78 is 27.9. The smallest absolute Gasteiger partial charge is 0.170 e. The van der Waals surface area contributed by atoms with Crippen LogP contribution in [0.2, 0.25) is 0 Å². The number of allylic oxidation sites excluding steroid dienone is 1. The number of halogens is 2. The lowest BCUT2D eigenvalue weighted by molar-refractivity contribution is -0.121. The number of rotatable bonds is 3. The summed E-state index contributed by atoms with van der Waals surface area (Å²) in [5, 5.41) is 11.8. The molecule has 4 heteroatoms. The van der Waals surface area contributed by atoms with Crippen LogP contribution in [0.1, 0.15) is 23.6 Å². The number of carbonyl (C=O) groups excluding carboxylic acids is 1. The van der Waals surface area contributed by atoms with Crippen molar-refractivity contribution in [2.45, 2.75) is 12.5 Å². The van der Waals surface area contributed by atoms with Crippen molar-refractivity contribution in [3.05, 3.63) is 107 Å². The van der Waals surface area contributed by atoms with E-state index in [1.165, 1.54) is 0 Å². The standard InChI is InChI=1S/C24H18F2O2/c1-15-23(27)21(16-8-4-2-5-9-16)22(17-10-6-3-7-11-17)24(15,28)18-12-19(25)14-20(26)13-18/h2-15,28H,1H3. The minimum Gasteiger partial charge on any atom is -0.380 e. The van der Waals surface area contributed by atoms with Gasteiger partial charge in [-0.3, -0.25) is 4.79 Å². The molecule has 1 aliphatic rings. The monoisotopic (exact) mass is 376 g/mol. The highest BCUT2D eigenvalue weighted by Gasteiger charge is 2.52. The first-order chi connectivity index (χ1) is 13.4. The molecule has 3 aromatic rings. The van der Waals surface area contributed by atoms with Gasteiger partial charge in [0.05, 0.1) is 5.92 Å². The average molecular weight is 376 g/mol. The van der Waals surface area contributed by atoms with Gasteiger partial charge in [-0.2, -0.15) is 0 Å². The molecule has 2 unspecified atom stereocenters. The van der Waals surface area contributed by atoms with Gasteiger partial charge in [0, 0.05) is 17.2 Å². The van der Waals surface area contributed by atoms with Crippen molar-refractivity contribution in [2.75, 3.05) is 0 Å². The highest BCUT2D eigenvalue weighted by Crippen LogP contribution is 2.53. The molecule has 0 bridgehead atoms. The summed E-state index contributed by atoms with van der Waals surface area (Å²) in [5.41, 5.74) is 0.188. The van der Waals surface area contributed by atoms with Crippen LogP contribution in [-0.2, 0) is 10.4 Å². The number of hydrogen-bond acceptors (Lipinski definition) is 2. The molecule has 3 aromatic carbocycles. The predicted molar refractivity (Wildman–Crippen MR) is 104 cm³/mol. The fraction of sp³-hybridized carbons (Fsp3) is 0.125. The molecule has 28 heavy (non-hydrogen) atoms. The maximum Gasteiger partial charge on any atom is 0.170 e. The zero-order valence-electron chi connectivity index (χ0n) is 15.2. The fourth-order valence-corrected chi connectivity index (χ4v) is 3.97. The minimum atomic E-state index is -1.85. The molecule has 4 rings (SSSR count). The minimum absolute atomic E-state index is 0.0237. The van der Waals surface area contributed by atoms with Gasteiger partial charge < -0.3 is 5.11 Å². The molecule has 2 nitrogen and oxygen atoms in total. The number of Topliss-reactive ketones (excluding diaryl/α,β-unsaturated/α-hetero) is 1. The van der Waals surface area contributed by atoms with Crippen LogP contribution < -0.4 is 0 Å². The van der Waals surface area contributed by atoms with Crippen molar-refractivity contribution in [1.82, 2.24) is 0 Å². The highest BCUT2D eigenvalue weighted by molar-refractivity contribution is 6.33. The van der Waals surface area contributed by atoms with E-state index >= 15 is 0 Å². The van der Waals surface area contributed by atoms with Crippen LogP contribution in [-0.4, -0.2) is 10.9 Å². The van der Waals surface area contributed by atoms with Crippen LogP contribution in [0.25, 0.3) is 11.1 Å². The van der Waals surface area contributed by atoms with Crippen LogP contribution in [0.3, 0.4) is 0 Å². The Bertz CT molecular complexity index is 1050. The molecule has 0 fully saturated rings. The van der Waals surface area contributed by atoms with E-state index in [4.69, 9.17) is 0 Å². The number of benzene rings is 3. The molecule has 0 spiro atoms. The van der Waals surface area contributed by atoms with E-state index in [2.05, 4.69) is 0 Å². The van der Waals surface area contributed by atoms with Crippen molar-refractivity contribution >= 4 is 16.9 Å². The van der Waals surface area contributed by atoms with E-state index in [9.17, 15) is 18.7 Å². The van der Waals surface area contributed by atoms with E-state index in [-0.39, 0.29) is 11.3 Å². The van der Waals surface area contributed by atoms with Crippen molar-refractivity contribution in [3.63, 3.8) is 0 Å². The van der Waals surface area contributed by atoms with E-state index in [0.29, 0.717) is 22.3 Å². The zero-order chi connectivity index (χ0) is 19.9. The third kappa shape index (κ3) is 2.77. The van der Waals surface area contributed by atoms with Gasteiger partial charge in [-0.15, -0.1) is 0 Å². The van der Waals surface area contributed by atoms with Crippen molar-refractivity contribution in [2.24, 2.45) is 5.92 Å². The summed E-state index contributed by atoms with van der Waals surface area (Å²) in [7, 11) is 0. The molecule has 1 aliphatic carbocycles. The summed E-state index contributed by atoms with van der Waals surface area (Å²) in [6, 6.07) is 20.9. The van der Waals surface area contributed by atoms with Crippen molar-refractivity contribution < 1.29 is 18.7 Å². The maximum absolute atomic E-state index is 14.0. The molecule has 1 N–H and O–H groups in total. The maximum atomic E-state index is 14.0. The van der Waals surface area contributed by atoms with Gasteiger partial charge in [-0.1, -0.05) is 67.6 Å². The number of ketones is 1. The van der Waals surface area contributed by atoms with Gasteiger partial charge in [0.2, 0.25) is 0 Å². The SMILES string of the molecule is CC1C(=O)C(c2ccccc2)=C(c2ccccc2)C1(O)c1cc(F)cc(F)c1. The molecule has 0 saturated heterocycles. The van der Waals surface area contributed by atoms with Gasteiger partial charge in [0.25, 0.3) is 0 Å². The quantitative estimate of drug-likeness (QED) is 0.700. The summed E-state index contributed by atoms with van der Waals surface area (Å²) in [6.45, 7) is 1.59. The fourth-order valence-electron chi connectivity index (χ4n) is 3.97. The van der Waals surface area contributed by atoms with Crippen LogP contribution in [0.4, 0.5) is 8.78 Å². The van der Waals surface area contributed by atoms with Crippen LogP contribution in [0.5, 0.6) is 0 Å². The largest absolute Gasteiger partial charge is 0.380 e. The molecular weight excluding hydrogens is 358 g/mol. The number of aliphatic hydroxyl groups is 1. The zero-order valence-corrected chi connectivity index (χ0v) is 15.2. The highest BCUT2D eigenvalue weighted by atomic mass is 19.1. The lowest BCUT2D eigenvalue weighted by Gasteiger charge is -2.31. The Kier molecular flexibility index (Phi) is 4.44. The summed E-state index contributed by atoms with van der Waals surface area (Å²) >= 11 is 0. The average Bonchev–Trinajstić information content (AvgIpc) is 2.90. The first-order valence-electron chi connectivity index (χ1n) is 9.01. The Morgan fingerprint density at radius 3 is 1.86 bits per heavy atom. The third-order valence-electron chi connectivity index (χ3n) is 5.33. The van der Waals surface area contributed by atoms with Crippen LogP contribution >= 0.6 is 0 Å². The van der Waals surface area contributed by atoms with E-state index < -0.39 is 23.2 Å². The molecule has 0 amide bonds. The van der Waals surface area contributed by atoms with Gasteiger partial charge in [-0.05, 0) is 28.8 Å². The first kappa shape index (κ1) is 18.3. The second-order valence-corrected chi connectivity index (χ2v) is 6.99. The Hall–Kier alpha value is -3.11. The van der Waals surface area contributed by atoms with E-state index in [1.54, 1.807) is 43.3 Å². The van der Waals surface area contributed by atoms with Crippen molar-refractivity contribution in [3.8, 4) is 0 Å². The van der Waals surface area contributed by atoms with Gasteiger partial charge in [0.15, 0.2) is 5.78 Å². The molecule has 0 heterocycles. The summed E-state index contributed by atoms with van der Waals surface area (Å²) in [4.78, 5) is 13.2. The molecular formula is C24H18F2O2. The lowest BCUT2D eigenvalue weighted by atomic mass is 9.78. The Labute approximate surface area is 161 Å². The van der Waals surface area contributed by atoms with Gasteiger partial charge in [-0.25, -0.2) is 8.78 Å². The summed E-state index contributed by atoms with van der Waals surface area (Å²) in [5.74, 6) is -2.77. The summed E-state index contributed by atoms with van der Waals surface area (Å²) in [6.07, 6.45) is 0. The Balaban J connectivity index is 2.07. The molecule has 0 aromatic heterocycles. The van der Waals surface area contributed by atoms with Crippen molar-refractivity contribution in [1.29, 1.82) is 0 Å². The molecule has 0 radical (unpaired) electrons. The second kappa shape index (κ2) is 6.80. The van der Waals surface area contributed by atoms with Crippen LogP contribution in [0, 0.1) is 17.6 Å². The predicted octanol–water partition coefficient (Wildman–Crippen LogP) is 4.98. The number of carbonyl (C=O) groups is 1.